The van der Waals surface area contributed by atoms with Gasteiger partial charge >= 0.3 is 5.69 Å². The van der Waals surface area contributed by atoms with Crippen molar-refractivity contribution in [2.75, 3.05) is 5.32 Å². The maximum absolute atomic E-state index is 12.8. The summed E-state index contributed by atoms with van der Waals surface area (Å²) in [6.45, 7) is -0.418. The van der Waals surface area contributed by atoms with Gasteiger partial charge in [-0.15, -0.1) is 11.3 Å². The van der Waals surface area contributed by atoms with Gasteiger partial charge in [0.2, 0.25) is 5.91 Å². The minimum absolute atomic E-state index is 0.259. The number of nitrogens with zero attached hydrogens (tertiary/aromatic N) is 5. The Morgan fingerprint density at radius 3 is 2.74 bits per heavy atom. The van der Waals surface area contributed by atoms with Crippen molar-refractivity contribution in [1.29, 1.82) is 0 Å². The van der Waals surface area contributed by atoms with E-state index in [2.05, 4.69) is 51.7 Å². The lowest BCUT2D eigenvalue weighted by Gasteiger charge is -2.08. The van der Waals surface area contributed by atoms with Gasteiger partial charge in [0.05, 0.1) is 12.0 Å². The fourth-order valence-corrected chi connectivity index (χ4v) is 5.34. The van der Waals surface area contributed by atoms with Crippen molar-refractivity contribution in [3.8, 4) is 22.4 Å². The van der Waals surface area contributed by atoms with Gasteiger partial charge in [0.1, 0.15) is 6.54 Å². The van der Waals surface area contributed by atoms with Crippen LogP contribution >= 0.6 is 11.3 Å². The Morgan fingerprint density at radius 2 is 1.89 bits per heavy atom. The molecular formula is C25H20N6O3S. The topological polar surface area (TPSA) is 104 Å². The molecule has 6 rings (SSSR count). The van der Waals surface area contributed by atoms with E-state index < -0.39 is 23.7 Å². The standard InChI is InChI=1S/C25H20N6O3S/c1-29-13-26-22-21(29)23(33)31(25(34)30(22)2)11-20(32)28-24-27-19(12-35-24)15-7-8-18-16(10-15)9-14-5-3-4-6-17(14)18/h3-8,10,12-13H,9,11H2,1-2H3,(H,27,28,32). The van der Waals surface area contributed by atoms with E-state index in [1.807, 2.05) is 11.4 Å². The van der Waals surface area contributed by atoms with E-state index in [-0.39, 0.29) is 11.2 Å². The highest BCUT2D eigenvalue weighted by Gasteiger charge is 2.20. The van der Waals surface area contributed by atoms with Crippen LogP contribution < -0.4 is 16.6 Å². The number of amides is 1. The summed E-state index contributed by atoms with van der Waals surface area (Å²) in [5.74, 6) is -0.504. The summed E-state index contributed by atoms with van der Waals surface area (Å²) in [6, 6.07) is 14.7. The van der Waals surface area contributed by atoms with Gasteiger partial charge in [-0.3, -0.25) is 14.2 Å². The zero-order valence-electron chi connectivity index (χ0n) is 19.0. The fourth-order valence-electron chi connectivity index (χ4n) is 4.61. The van der Waals surface area contributed by atoms with E-state index in [1.54, 1.807) is 7.05 Å². The molecule has 1 amide bonds. The second-order valence-electron chi connectivity index (χ2n) is 8.55. The summed E-state index contributed by atoms with van der Waals surface area (Å²) in [4.78, 5) is 46.8. The van der Waals surface area contributed by atoms with E-state index in [0.29, 0.717) is 5.13 Å². The number of aryl methyl sites for hydroxylation is 2. The van der Waals surface area contributed by atoms with Crippen LogP contribution in [0.5, 0.6) is 0 Å². The van der Waals surface area contributed by atoms with Crippen LogP contribution in [-0.2, 0) is 31.9 Å². The molecule has 5 aromatic rings. The number of fused-ring (bicyclic) bond motifs is 4. The average Bonchev–Trinajstić information content (AvgIpc) is 3.57. The smallest absolute Gasteiger partial charge is 0.328 e. The minimum Gasteiger partial charge on any atom is -0.328 e. The fraction of sp³-hybridized carbons (Fsp3) is 0.160. The maximum atomic E-state index is 12.8. The summed E-state index contributed by atoms with van der Waals surface area (Å²) in [5.41, 5.74) is 6.19. The second kappa shape index (κ2) is 7.88. The lowest BCUT2D eigenvalue weighted by Crippen LogP contribution is -2.42. The third-order valence-corrected chi connectivity index (χ3v) is 7.10. The zero-order chi connectivity index (χ0) is 24.3. The SMILES string of the molecule is Cn1cnc2c1c(=O)n(CC(=O)Nc1nc(-c3ccc4c(c3)Cc3ccccc3-4)cs1)c(=O)n2C. The monoisotopic (exact) mass is 484 g/mol. The molecule has 0 atom stereocenters. The molecule has 174 valence electrons. The Hall–Kier alpha value is -4.31. The van der Waals surface area contributed by atoms with Gasteiger partial charge in [0.25, 0.3) is 5.56 Å². The highest BCUT2D eigenvalue weighted by atomic mass is 32.1. The van der Waals surface area contributed by atoms with E-state index in [9.17, 15) is 14.4 Å². The van der Waals surface area contributed by atoms with Crippen LogP contribution in [0, 0.1) is 0 Å². The van der Waals surface area contributed by atoms with Crippen LogP contribution in [0.3, 0.4) is 0 Å². The molecule has 0 unspecified atom stereocenters. The van der Waals surface area contributed by atoms with Crippen molar-refractivity contribution < 1.29 is 4.79 Å². The van der Waals surface area contributed by atoms with Crippen molar-refractivity contribution in [3.63, 3.8) is 0 Å². The predicted octanol–water partition coefficient (Wildman–Crippen LogP) is 2.77. The van der Waals surface area contributed by atoms with Crippen molar-refractivity contribution in [3.05, 3.63) is 86.1 Å². The van der Waals surface area contributed by atoms with Gasteiger partial charge in [0, 0.05) is 25.0 Å². The lowest BCUT2D eigenvalue weighted by molar-refractivity contribution is -0.116. The highest BCUT2D eigenvalue weighted by Crippen LogP contribution is 2.38. The molecule has 35 heavy (non-hydrogen) atoms. The van der Waals surface area contributed by atoms with Crippen LogP contribution in [0.2, 0.25) is 0 Å². The molecule has 0 bridgehead atoms. The molecule has 2 aromatic carbocycles. The summed E-state index contributed by atoms with van der Waals surface area (Å²) >= 11 is 1.29. The molecule has 0 spiro atoms. The van der Waals surface area contributed by atoms with Crippen LogP contribution in [0.25, 0.3) is 33.5 Å². The molecule has 3 heterocycles. The Balaban J connectivity index is 1.23. The Labute approximate surface area is 202 Å². The van der Waals surface area contributed by atoms with Gasteiger partial charge in [0.15, 0.2) is 16.3 Å². The summed E-state index contributed by atoms with van der Waals surface area (Å²) < 4.78 is 3.71. The Bertz CT molecular complexity index is 1770. The van der Waals surface area contributed by atoms with Gasteiger partial charge < -0.3 is 9.88 Å². The molecule has 10 heteroatoms. The van der Waals surface area contributed by atoms with E-state index in [1.165, 1.54) is 56.1 Å². The van der Waals surface area contributed by atoms with E-state index in [0.717, 1.165) is 22.2 Å². The molecule has 1 aliphatic carbocycles. The predicted molar refractivity (Wildman–Crippen MR) is 135 cm³/mol. The number of carbonyl (C=O) groups is 1. The van der Waals surface area contributed by atoms with Gasteiger partial charge in [-0.25, -0.2) is 19.3 Å². The molecule has 1 N–H and O–H groups in total. The van der Waals surface area contributed by atoms with Crippen LogP contribution in [-0.4, -0.2) is 29.6 Å². The van der Waals surface area contributed by atoms with Crippen LogP contribution in [0.4, 0.5) is 5.13 Å². The minimum atomic E-state index is -0.602. The summed E-state index contributed by atoms with van der Waals surface area (Å²) in [5, 5.41) is 5.00. The quantitative estimate of drug-likeness (QED) is 0.414. The lowest BCUT2D eigenvalue weighted by atomic mass is 10.0. The summed E-state index contributed by atoms with van der Waals surface area (Å²) in [7, 11) is 3.19. The van der Waals surface area contributed by atoms with Crippen LogP contribution in [0.1, 0.15) is 11.1 Å². The molecule has 1 aliphatic rings. The molecule has 0 aliphatic heterocycles. The Kier molecular flexibility index (Phi) is 4.78. The average molecular weight is 485 g/mol. The number of aromatic nitrogens is 5. The molecule has 0 saturated heterocycles. The highest BCUT2D eigenvalue weighted by molar-refractivity contribution is 7.14. The number of rotatable bonds is 4. The van der Waals surface area contributed by atoms with Crippen molar-refractivity contribution >= 4 is 33.5 Å². The molecule has 3 aromatic heterocycles. The number of imidazole rings is 1. The third kappa shape index (κ3) is 3.41. The van der Waals surface area contributed by atoms with E-state index >= 15 is 0 Å². The largest absolute Gasteiger partial charge is 0.332 e. The molecule has 0 saturated carbocycles. The number of benzene rings is 2. The molecular weight excluding hydrogens is 464 g/mol. The number of hydrogen-bond acceptors (Lipinski definition) is 6. The Morgan fingerprint density at radius 1 is 1.09 bits per heavy atom. The van der Waals surface area contributed by atoms with Crippen LogP contribution in [0.15, 0.2) is 63.8 Å². The first-order chi connectivity index (χ1) is 16.9. The normalized spacial score (nSPS) is 12.1. The first-order valence-electron chi connectivity index (χ1n) is 11.0. The van der Waals surface area contributed by atoms with Gasteiger partial charge in [-0.1, -0.05) is 36.4 Å². The van der Waals surface area contributed by atoms with Crippen molar-refractivity contribution in [2.45, 2.75) is 13.0 Å². The first-order valence-corrected chi connectivity index (χ1v) is 11.9. The number of anilines is 1. The maximum Gasteiger partial charge on any atom is 0.332 e. The first kappa shape index (κ1) is 21.2. The van der Waals surface area contributed by atoms with Crippen molar-refractivity contribution in [1.82, 2.24) is 23.7 Å². The third-order valence-electron chi connectivity index (χ3n) is 6.34. The zero-order valence-corrected chi connectivity index (χ0v) is 19.8. The number of nitrogens with one attached hydrogen (secondary N) is 1. The van der Waals surface area contributed by atoms with Gasteiger partial charge in [-0.2, -0.15) is 0 Å². The second-order valence-corrected chi connectivity index (χ2v) is 9.41. The summed E-state index contributed by atoms with van der Waals surface area (Å²) in [6.07, 6.45) is 2.35. The number of hydrogen-bond donors (Lipinski definition) is 1. The van der Waals surface area contributed by atoms with Gasteiger partial charge in [-0.05, 0) is 34.7 Å². The number of carbonyl (C=O) groups excluding carboxylic acids is 1. The number of thiazole rings is 1. The molecule has 0 fully saturated rings. The van der Waals surface area contributed by atoms with E-state index in [4.69, 9.17) is 0 Å². The molecule has 9 nitrogen and oxygen atoms in total. The molecule has 0 radical (unpaired) electrons. The van der Waals surface area contributed by atoms with Crippen molar-refractivity contribution in [2.24, 2.45) is 14.1 Å².